The highest BCUT2D eigenvalue weighted by atomic mass is 16.5. The van der Waals surface area contributed by atoms with Crippen LogP contribution in [-0.4, -0.2) is 18.3 Å². The minimum Gasteiger partial charge on any atom is -0.483 e. The summed E-state index contributed by atoms with van der Waals surface area (Å²) in [7, 11) is 0. The molecule has 0 atom stereocenters. The van der Waals surface area contributed by atoms with Crippen LogP contribution in [0.4, 0.5) is 0 Å². The van der Waals surface area contributed by atoms with Gasteiger partial charge in [-0.15, -0.1) is 0 Å². The molecule has 1 aromatic rings. The smallest absolute Gasteiger partial charge is 0.276 e. The third-order valence-corrected chi connectivity index (χ3v) is 3.72. The standard InChI is InChI=1S/C18H24N2O3/c1-12(2)16-8-7-13(3)9-17(16)23-11-18(22)20-19-14-5-4-6-15(21)10-14/h7-10,12,19H,4-6,11H2,1-3H3,(H,20,22). The third-order valence-electron chi connectivity index (χ3n) is 3.72. The van der Waals surface area contributed by atoms with Crippen molar-refractivity contribution in [2.45, 2.75) is 46.0 Å². The molecule has 1 aliphatic rings. The molecule has 0 aromatic heterocycles. The molecule has 0 saturated carbocycles. The zero-order valence-corrected chi connectivity index (χ0v) is 13.9. The first-order valence-corrected chi connectivity index (χ1v) is 7.97. The van der Waals surface area contributed by atoms with Gasteiger partial charge in [0.2, 0.25) is 0 Å². The topological polar surface area (TPSA) is 67.4 Å². The van der Waals surface area contributed by atoms with E-state index in [1.54, 1.807) is 6.08 Å². The predicted molar refractivity (Wildman–Crippen MR) is 89.0 cm³/mol. The first-order chi connectivity index (χ1) is 11.0. The number of benzene rings is 1. The Kier molecular flexibility index (Phi) is 5.79. The zero-order chi connectivity index (χ0) is 16.8. The molecule has 2 N–H and O–H groups in total. The van der Waals surface area contributed by atoms with E-state index in [4.69, 9.17) is 4.74 Å². The van der Waals surface area contributed by atoms with Crippen LogP contribution in [0, 0.1) is 6.92 Å². The van der Waals surface area contributed by atoms with Gasteiger partial charge in [-0.1, -0.05) is 26.0 Å². The Morgan fingerprint density at radius 1 is 1.30 bits per heavy atom. The molecule has 0 radical (unpaired) electrons. The van der Waals surface area contributed by atoms with Crippen molar-refractivity contribution >= 4 is 11.7 Å². The molecular formula is C18H24N2O3. The van der Waals surface area contributed by atoms with Crippen molar-refractivity contribution in [3.05, 3.63) is 41.1 Å². The molecule has 0 bridgehead atoms. The number of aryl methyl sites for hydroxylation is 1. The Morgan fingerprint density at radius 2 is 2.09 bits per heavy atom. The summed E-state index contributed by atoms with van der Waals surface area (Å²) in [4.78, 5) is 23.2. The van der Waals surface area contributed by atoms with Crippen molar-refractivity contribution in [1.82, 2.24) is 10.9 Å². The molecule has 5 nitrogen and oxygen atoms in total. The molecule has 1 amide bonds. The number of ether oxygens (including phenoxy) is 1. The van der Waals surface area contributed by atoms with E-state index in [9.17, 15) is 9.59 Å². The molecule has 23 heavy (non-hydrogen) atoms. The molecule has 0 spiro atoms. The first-order valence-electron chi connectivity index (χ1n) is 7.97. The van der Waals surface area contributed by atoms with Gasteiger partial charge in [0.15, 0.2) is 12.4 Å². The van der Waals surface area contributed by atoms with E-state index < -0.39 is 0 Å². The number of rotatable bonds is 6. The number of nitrogens with one attached hydrogen (secondary N) is 2. The highest BCUT2D eigenvalue weighted by molar-refractivity contribution is 5.91. The minimum atomic E-state index is -0.278. The third kappa shape index (κ3) is 5.13. The van der Waals surface area contributed by atoms with Gasteiger partial charge in [0.1, 0.15) is 5.75 Å². The van der Waals surface area contributed by atoms with E-state index in [0.29, 0.717) is 12.3 Å². The number of carbonyl (C=O) groups is 2. The van der Waals surface area contributed by atoms with E-state index >= 15 is 0 Å². The average Bonchev–Trinajstić information content (AvgIpc) is 2.50. The molecule has 0 fully saturated rings. The summed E-state index contributed by atoms with van der Waals surface area (Å²) >= 11 is 0. The molecule has 1 aromatic carbocycles. The van der Waals surface area contributed by atoms with Crippen molar-refractivity contribution in [2.24, 2.45) is 0 Å². The van der Waals surface area contributed by atoms with Crippen LogP contribution in [0.3, 0.4) is 0 Å². The van der Waals surface area contributed by atoms with E-state index in [-0.39, 0.29) is 18.3 Å². The second-order valence-corrected chi connectivity index (χ2v) is 6.15. The lowest BCUT2D eigenvalue weighted by Crippen LogP contribution is -2.40. The van der Waals surface area contributed by atoms with Gasteiger partial charge in [0.25, 0.3) is 5.91 Å². The minimum absolute atomic E-state index is 0.0720. The van der Waals surface area contributed by atoms with Gasteiger partial charge in [-0.2, -0.15) is 0 Å². The normalized spacial score (nSPS) is 14.4. The van der Waals surface area contributed by atoms with Crippen LogP contribution in [0.1, 0.15) is 50.2 Å². The van der Waals surface area contributed by atoms with Crippen molar-refractivity contribution in [3.8, 4) is 5.75 Å². The van der Waals surface area contributed by atoms with Gasteiger partial charge in [0.05, 0.1) is 0 Å². The van der Waals surface area contributed by atoms with Crippen LogP contribution in [-0.2, 0) is 9.59 Å². The number of hydrogen-bond donors (Lipinski definition) is 2. The van der Waals surface area contributed by atoms with Gasteiger partial charge >= 0.3 is 0 Å². The molecule has 0 saturated heterocycles. The Balaban J connectivity index is 1.87. The van der Waals surface area contributed by atoms with Crippen LogP contribution >= 0.6 is 0 Å². The number of hydrazine groups is 1. The van der Waals surface area contributed by atoms with Gasteiger partial charge in [-0.05, 0) is 42.9 Å². The first kappa shape index (κ1) is 17.1. The highest BCUT2D eigenvalue weighted by Gasteiger charge is 2.12. The van der Waals surface area contributed by atoms with Crippen LogP contribution in [0.2, 0.25) is 0 Å². The number of ketones is 1. The Labute approximate surface area is 137 Å². The van der Waals surface area contributed by atoms with Crippen LogP contribution in [0.5, 0.6) is 5.75 Å². The zero-order valence-electron chi connectivity index (χ0n) is 13.9. The summed E-state index contributed by atoms with van der Waals surface area (Å²) in [5.74, 6) is 0.873. The van der Waals surface area contributed by atoms with Crippen LogP contribution < -0.4 is 15.6 Å². The lowest BCUT2D eigenvalue weighted by Gasteiger charge is -2.17. The van der Waals surface area contributed by atoms with Gasteiger partial charge in [-0.25, -0.2) is 0 Å². The molecule has 0 aliphatic heterocycles. The number of carbonyl (C=O) groups excluding carboxylic acids is 2. The summed E-state index contributed by atoms with van der Waals surface area (Å²) in [6.45, 7) is 6.10. The molecule has 1 aliphatic carbocycles. The fraction of sp³-hybridized carbons (Fsp3) is 0.444. The van der Waals surface area contributed by atoms with Crippen LogP contribution in [0.25, 0.3) is 0 Å². The highest BCUT2D eigenvalue weighted by Crippen LogP contribution is 2.27. The predicted octanol–water partition coefficient (Wildman–Crippen LogP) is 2.75. The molecule has 2 rings (SSSR count). The maximum absolute atomic E-state index is 11.9. The fourth-order valence-electron chi connectivity index (χ4n) is 2.46. The largest absolute Gasteiger partial charge is 0.483 e. The van der Waals surface area contributed by atoms with Crippen molar-refractivity contribution < 1.29 is 14.3 Å². The maximum Gasteiger partial charge on any atom is 0.276 e. The SMILES string of the molecule is Cc1ccc(C(C)C)c(OCC(=O)NNC2=CC(=O)CCC2)c1. The fourth-order valence-corrected chi connectivity index (χ4v) is 2.46. The monoisotopic (exact) mass is 316 g/mol. The number of amides is 1. The Morgan fingerprint density at radius 3 is 2.78 bits per heavy atom. The van der Waals surface area contributed by atoms with E-state index in [1.165, 1.54) is 0 Å². The molecule has 0 heterocycles. The van der Waals surface area contributed by atoms with Gasteiger partial charge in [-0.3, -0.25) is 15.0 Å². The van der Waals surface area contributed by atoms with Crippen LogP contribution in [0.15, 0.2) is 30.0 Å². The van der Waals surface area contributed by atoms with Gasteiger partial charge in [0, 0.05) is 18.2 Å². The van der Waals surface area contributed by atoms with Crippen molar-refractivity contribution in [3.63, 3.8) is 0 Å². The second kappa shape index (κ2) is 7.81. The summed E-state index contributed by atoms with van der Waals surface area (Å²) in [5.41, 5.74) is 8.29. The molecular weight excluding hydrogens is 292 g/mol. The maximum atomic E-state index is 11.9. The Bertz CT molecular complexity index is 621. The molecule has 5 heteroatoms. The quantitative estimate of drug-likeness (QED) is 0.792. The lowest BCUT2D eigenvalue weighted by atomic mass is 10.0. The summed E-state index contributed by atoms with van der Waals surface area (Å²) in [6.07, 6.45) is 3.70. The van der Waals surface area contributed by atoms with E-state index in [0.717, 1.165) is 35.4 Å². The lowest BCUT2D eigenvalue weighted by molar-refractivity contribution is -0.124. The second-order valence-electron chi connectivity index (χ2n) is 6.15. The van der Waals surface area contributed by atoms with Crippen molar-refractivity contribution in [2.75, 3.05) is 6.61 Å². The molecule has 124 valence electrons. The number of allylic oxidation sites excluding steroid dienone is 2. The summed E-state index contributed by atoms with van der Waals surface area (Å²) < 4.78 is 5.66. The average molecular weight is 316 g/mol. The molecule has 0 unspecified atom stereocenters. The number of hydrogen-bond acceptors (Lipinski definition) is 4. The van der Waals surface area contributed by atoms with Gasteiger partial charge < -0.3 is 10.2 Å². The van der Waals surface area contributed by atoms with E-state index in [1.807, 2.05) is 25.1 Å². The summed E-state index contributed by atoms with van der Waals surface area (Å²) in [6, 6.07) is 6.01. The van der Waals surface area contributed by atoms with E-state index in [2.05, 4.69) is 24.7 Å². The summed E-state index contributed by atoms with van der Waals surface area (Å²) in [5, 5.41) is 0. The Hall–Kier alpha value is -2.30. The van der Waals surface area contributed by atoms with Crippen molar-refractivity contribution in [1.29, 1.82) is 0 Å².